The molecule has 2 aromatic carbocycles. The molecule has 30 heavy (non-hydrogen) atoms. The Balaban J connectivity index is 1.43. The highest BCUT2D eigenvalue weighted by atomic mass is 35.5. The minimum absolute atomic E-state index is 0.227. The lowest BCUT2D eigenvalue weighted by Gasteiger charge is -2.09. The molecule has 152 valence electrons. The molecule has 0 saturated carbocycles. The minimum Gasteiger partial charge on any atom is -0.467 e. The summed E-state index contributed by atoms with van der Waals surface area (Å²) in [6, 6.07) is 18.6. The van der Waals surface area contributed by atoms with Gasteiger partial charge in [0.15, 0.2) is 0 Å². The molecule has 0 fully saturated rings. The molecule has 6 nitrogen and oxygen atoms in total. The lowest BCUT2D eigenvalue weighted by molar-refractivity contribution is 0.0929. The molecule has 0 spiro atoms. The van der Waals surface area contributed by atoms with Crippen molar-refractivity contribution in [1.29, 1.82) is 0 Å². The van der Waals surface area contributed by atoms with Crippen LogP contribution in [0.25, 0.3) is 5.69 Å². The smallest absolute Gasteiger partial charge is 0.259 e. The molecule has 0 aliphatic rings. The topological polar surface area (TPSA) is 69.3 Å². The molecule has 0 aliphatic carbocycles. The van der Waals surface area contributed by atoms with Crippen LogP contribution in [0.3, 0.4) is 0 Å². The van der Waals surface area contributed by atoms with Crippen molar-refractivity contribution in [3.8, 4) is 5.69 Å². The Morgan fingerprint density at radius 1 is 1.13 bits per heavy atom. The van der Waals surface area contributed by atoms with Crippen LogP contribution in [-0.4, -0.2) is 15.7 Å². The quantitative estimate of drug-likeness (QED) is 0.434. The maximum atomic E-state index is 12.8. The van der Waals surface area contributed by atoms with Crippen LogP contribution in [0, 0.1) is 6.92 Å². The number of hydrogen-bond donors (Lipinski definition) is 1. The highest BCUT2D eigenvalue weighted by Gasteiger charge is 2.15. The summed E-state index contributed by atoms with van der Waals surface area (Å²) in [6.07, 6.45) is 3.17. The van der Waals surface area contributed by atoms with Gasteiger partial charge >= 0.3 is 0 Å². The van der Waals surface area contributed by atoms with Gasteiger partial charge in [0.1, 0.15) is 12.4 Å². The summed E-state index contributed by atoms with van der Waals surface area (Å²) in [4.78, 5) is 12.8. The van der Waals surface area contributed by atoms with Gasteiger partial charge in [-0.1, -0.05) is 29.8 Å². The largest absolute Gasteiger partial charge is 0.467 e. The molecule has 1 amide bonds. The van der Waals surface area contributed by atoms with Crippen molar-refractivity contribution in [2.24, 2.45) is 0 Å². The fraction of sp³-hybridized carbons (Fsp3) is 0.130. The number of rotatable bonds is 7. The predicted octanol–water partition coefficient (Wildman–Crippen LogP) is 5.40. The lowest BCUT2D eigenvalue weighted by atomic mass is 10.2. The average molecular weight is 422 g/mol. The first-order chi connectivity index (χ1) is 14.6. The molecule has 1 N–H and O–H groups in total. The summed E-state index contributed by atoms with van der Waals surface area (Å²) in [5.41, 5.74) is 3.66. The summed E-state index contributed by atoms with van der Waals surface area (Å²) in [5.74, 6) is 0.543. The number of amides is 1. The SMILES string of the molecule is Cc1c(C(=O)Nc2cccc(COCc3ccco3)c2)cnn1-c1cccc(Cl)c1. The minimum atomic E-state index is -0.227. The highest BCUT2D eigenvalue weighted by Crippen LogP contribution is 2.19. The van der Waals surface area contributed by atoms with Gasteiger partial charge in [-0.05, 0) is 55.0 Å². The van der Waals surface area contributed by atoms with E-state index in [4.69, 9.17) is 20.8 Å². The first-order valence-corrected chi connectivity index (χ1v) is 9.79. The van der Waals surface area contributed by atoms with Crippen molar-refractivity contribution in [2.75, 3.05) is 5.32 Å². The van der Waals surface area contributed by atoms with Crippen LogP contribution in [0.5, 0.6) is 0 Å². The number of aromatic nitrogens is 2. The third-order valence-corrected chi connectivity index (χ3v) is 4.82. The molecule has 0 bridgehead atoms. The van der Waals surface area contributed by atoms with Gasteiger partial charge in [-0.25, -0.2) is 4.68 Å². The second-order valence-electron chi connectivity index (χ2n) is 6.76. The number of carbonyl (C=O) groups is 1. The van der Waals surface area contributed by atoms with Crippen molar-refractivity contribution in [3.05, 3.63) is 101 Å². The van der Waals surface area contributed by atoms with E-state index >= 15 is 0 Å². The summed E-state index contributed by atoms with van der Waals surface area (Å²) < 4.78 is 12.6. The molecule has 0 aliphatic heterocycles. The van der Waals surface area contributed by atoms with Gasteiger partial charge in [0.25, 0.3) is 5.91 Å². The predicted molar refractivity (Wildman–Crippen MR) is 115 cm³/mol. The van der Waals surface area contributed by atoms with E-state index in [0.717, 1.165) is 22.7 Å². The molecule has 2 heterocycles. The molecule has 0 saturated heterocycles. The van der Waals surface area contributed by atoms with Gasteiger partial charge in [-0.3, -0.25) is 4.79 Å². The fourth-order valence-corrected chi connectivity index (χ4v) is 3.29. The van der Waals surface area contributed by atoms with E-state index in [-0.39, 0.29) is 5.91 Å². The molecular weight excluding hydrogens is 402 g/mol. The van der Waals surface area contributed by atoms with Crippen molar-refractivity contribution in [2.45, 2.75) is 20.1 Å². The molecule has 0 radical (unpaired) electrons. The Hall–Kier alpha value is -3.35. The summed E-state index contributed by atoms with van der Waals surface area (Å²) >= 11 is 6.07. The maximum Gasteiger partial charge on any atom is 0.259 e. The molecule has 4 rings (SSSR count). The molecule has 4 aromatic rings. The Kier molecular flexibility index (Phi) is 5.97. The van der Waals surface area contributed by atoms with E-state index in [9.17, 15) is 4.79 Å². The highest BCUT2D eigenvalue weighted by molar-refractivity contribution is 6.30. The molecule has 2 aromatic heterocycles. The van der Waals surface area contributed by atoms with E-state index in [1.165, 1.54) is 0 Å². The maximum absolute atomic E-state index is 12.8. The number of carbonyl (C=O) groups excluding carboxylic acids is 1. The van der Waals surface area contributed by atoms with E-state index in [0.29, 0.717) is 29.5 Å². The Morgan fingerprint density at radius 3 is 2.80 bits per heavy atom. The first-order valence-electron chi connectivity index (χ1n) is 9.41. The van der Waals surface area contributed by atoms with Crippen LogP contribution >= 0.6 is 11.6 Å². The number of furan rings is 1. The zero-order valence-electron chi connectivity index (χ0n) is 16.3. The van der Waals surface area contributed by atoms with Crippen LogP contribution in [0.15, 0.2) is 77.5 Å². The van der Waals surface area contributed by atoms with Crippen LogP contribution in [0.1, 0.15) is 27.4 Å². The summed E-state index contributed by atoms with van der Waals surface area (Å²) in [7, 11) is 0. The standard InChI is InChI=1S/C23H20ClN3O3/c1-16-22(13-25-27(16)20-8-3-6-18(24)12-20)23(28)26-19-7-2-5-17(11-19)14-29-15-21-9-4-10-30-21/h2-13H,14-15H2,1H3,(H,26,28). The van der Waals surface area contributed by atoms with Crippen LogP contribution in [0.4, 0.5) is 5.69 Å². The van der Waals surface area contributed by atoms with Gasteiger partial charge in [0.05, 0.1) is 36.0 Å². The second kappa shape index (κ2) is 8.98. The van der Waals surface area contributed by atoms with Gasteiger partial charge < -0.3 is 14.5 Å². The number of nitrogens with zero attached hydrogens (tertiary/aromatic N) is 2. The number of hydrogen-bond acceptors (Lipinski definition) is 4. The third-order valence-electron chi connectivity index (χ3n) is 4.59. The van der Waals surface area contributed by atoms with Crippen LogP contribution in [-0.2, 0) is 18.0 Å². The van der Waals surface area contributed by atoms with Gasteiger partial charge in [-0.15, -0.1) is 0 Å². The van der Waals surface area contributed by atoms with Crippen LogP contribution < -0.4 is 5.32 Å². The monoisotopic (exact) mass is 421 g/mol. The number of ether oxygens (including phenoxy) is 1. The van der Waals surface area contributed by atoms with Gasteiger partial charge in [0, 0.05) is 10.7 Å². The van der Waals surface area contributed by atoms with Gasteiger partial charge in [0.2, 0.25) is 0 Å². The number of benzene rings is 2. The molecule has 0 unspecified atom stereocenters. The number of anilines is 1. The van der Waals surface area contributed by atoms with Crippen molar-refractivity contribution >= 4 is 23.2 Å². The zero-order chi connectivity index (χ0) is 20.9. The molecule has 0 atom stereocenters. The normalized spacial score (nSPS) is 10.9. The van der Waals surface area contributed by atoms with Gasteiger partial charge in [-0.2, -0.15) is 5.10 Å². The van der Waals surface area contributed by atoms with Crippen molar-refractivity contribution in [1.82, 2.24) is 9.78 Å². The second-order valence-corrected chi connectivity index (χ2v) is 7.20. The fourth-order valence-electron chi connectivity index (χ4n) is 3.10. The molecule has 7 heteroatoms. The number of nitrogens with one attached hydrogen (secondary N) is 1. The van der Waals surface area contributed by atoms with Crippen molar-refractivity contribution in [3.63, 3.8) is 0 Å². The van der Waals surface area contributed by atoms with Crippen LogP contribution in [0.2, 0.25) is 5.02 Å². The van der Waals surface area contributed by atoms with E-state index < -0.39 is 0 Å². The lowest BCUT2D eigenvalue weighted by Crippen LogP contribution is -2.13. The van der Waals surface area contributed by atoms with E-state index in [1.54, 1.807) is 29.3 Å². The zero-order valence-corrected chi connectivity index (χ0v) is 17.1. The molecular formula is C23H20ClN3O3. The van der Waals surface area contributed by atoms with Crippen molar-refractivity contribution < 1.29 is 13.9 Å². The third kappa shape index (κ3) is 4.62. The number of halogens is 1. The summed E-state index contributed by atoms with van der Waals surface area (Å²) in [5, 5.41) is 7.88. The Bertz CT molecular complexity index is 1150. The first kappa shape index (κ1) is 19.9. The van der Waals surface area contributed by atoms with E-state index in [1.807, 2.05) is 55.5 Å². The summed E-state index contributed by atoms with van der Waals surface area (Å²) in [6.45, 7) is 2.66. The average Bonchev–Trinajstić information content (AvgIpc) is 3.38. The Labute approximate surface area is 179 Å². The van der Waals surface area contributed by atoms with E-state index in [2.05, 4.69) is 10.4 Å². The Morgan fingerprint density at radius 2 is 2.00 bits per heavy atom.